The van der Waals surface area contributed by atoms with Crippen LogP contribution < -0.4 is 9.47 Å². The summed E-state index contributed by atoms with van der Waals surface area (Å²) in [4.78, 5) is 11.4. The molecule has 5 heteroatoms. The highest BCUT2D eigenvalue weighted by atomic mass is 35.5. The quantitative estimate of drug-likeness (QED) is 0.517. The zero-order chi connectivity index (χ0) is 18.0. The number of rotatable bonds is 5. The lowest BCUT2D eigenvalue weighted by molar-refractivity contribution is 0.120. The third-order valence-corrected chi connectivity index (χ3v) is 4.81. The first-order valence-corrected chi connectivity index (χ1v) is 8.64. The molecule has 0 unspecified atom stereocenters. The fourth-order valence-corrected chi connectivity index (χ4v) is 2.93. The van der Waals surface area contributed by atoms with Crippen molar-refractivity contribution in [1.82, 2.24) is 0 Å². The zero-order valence-corrected chi connectivity index (χ0v) is 15.4. The highest BCUT2D eigenvalue weighted by Crippen LogP contribution is 2.45. The van der Waals surface area contributed by atoms with Gasteiger partial charge in [0.2, 0.25) is 0 Å². The number of benzene rings is 2. The lowest BCUT2D eigenvalue weighted by Crippen LogP contribution is -2.10. The molecule has 3 rings (SSSR count). The smallest absolute Gasteiger partial charge is 0.488 e. The topological polar surface area (TPSA) is 44.8 Å². The Labute approximate surface area is 152 Å². The normalized spacial score (nSPS) is 13.4. The van der Waals surface area contributed by atoms with E-state index < -0.39 is 6.16 Å². The fourth-order valence-electron chi connectivity index (χ4n) is 2.71. The van der Waals surface area contributed by atoms with Crippen LogP contribution in [0, 0.1) is 13.8 Å². The molecule has 0 aromatic heterocycles. The average molecular weight is 361 g/mol. The van der Waals surface area contributed by atoms with Crippen LogP contribution in [0.2, 0.25) is 5.02 Å². The summed E-state index contributed by atoms with van der Waals surface area (Å²) in [5.74, 6) is 1.79. The Morgan fingerprint density at radius 1 is 1.16 bits per heavy atom. The van der Waals surface area contributed by atoms with Gasteiger partial charge in [-0.3, -0.25) is 0 Å². The highest BCUT2D eigenvalue weighted by Gasteiger charge is 2.27. The van der Waals surface area contributed by atoms with Gasteiger partial charge in [-0.15, -0.1) is 0 Å². The van der Waals surface area contributed by atoms with E-state index in [9.17, 15) is 4.79 Å². The van der Waals surface area contributed by atoms with E-state index in [0.29, 0.717) is 22.3 Å². The molecule has 1 aliphatic carbocycles. The molecule has 0 radical (unpaired) electrons. The molecule has 0 atom stereocenters. The third-order valence-electron chi connectivity index (χ3n) is 4.45. The molecular formula is C20H21ClO4. The second-order valence-electron chi connectivity index (χ2n) is 6.31. The lowest BCUT2D eigenvalue weighted by Gasteiger charge is -2.16. The van der Waals surface area contributed by atoms with Gasteiger partial charge in [0.1, 0.15) is 18.1 Å². The van der Waals surface area contributed by atoms with Crippen molar-refractivity contribution in [2.24, 2.45) is 0 Å². The first-order valence-electron chi connectivity index (χ1n) is 8.26. The van der Waals surface area contributed by atoms with Gasteiger partial charge in [-0.25, -0.2) is 4.79 Å². The number of hydrogen-bond donors (Lipinski definition) is 0. The summed E-state index contributed by atoms with van der Waals surface area (Å²) in [6.45, 7) is 4.40. The summed E-state index contributed by atoms with van der Waals surface area (Å²) in [6, 6.07) is 9.41. The van der Waals surface area contributed by atoms with E-state index in [0.717, 1.165) is 5.75 Å². The van der Waals surface area contributed by atoms with E-state index in [1.807, 2.05) is 0 Å². The minimum absolute atomic E-state index is 0.216. The minimum Gasteiger partial charge on any atom is -0.488 e. The maximum Gasteiger partial charge on any atom is 0.513 e. The molecule has 0 aliphatic heterocycles. The molecule has 0 N–H and O–H groups in total. The van der Waals surface area contributed by atoms with E-state index in [2.05, 4.69) is 30.7 Å². The van der Waals surface area contributed by atoms with E-state index in [1.165, 1.54) is 36.6 Å². The summed E-state index contributed by atoms with van der Waals surface area (Å²) in [6.07, 6.45) is 1.61. The van der Waals surface area contributed by atoms with E-state index in [4.69, 9.17) is 21.1 Å². The van der Waals surface area contributed by atoms with Gasteiger partial charge in [-0.05, 0) is 67.5 Å². The summed E-state index contributed by atoms with van der Waals surface area (Å²) in [5.41, 5.74) is 4.31. The number of aryl methyl sites for hydroxylation is 2. The van der Waals surface area contributed by atoms with Gasteiger partial charge in [0.25, 0.3) is 0 Å². The van der Waals surface area contributed by atoms with Crippen molar-refractivity contribution < 1.29 is 19.0 Å². The number of carbonyl (C=O) groups is 1. The third kappa shape index (κ3) is 4.07. The molecule has 4 nitrogen and oxygen atoms in total. The van der Waals surface area contributed by atoms with E-state index in [-0.39, 0.29) is 6.61 Å². The van der Waals surface area contributed by atoms with Crippen LogP contribution in [-0.2, 0) is 11.3 Å². The maximum atomic E-state index is 11.4. The second kappa shape index (κ2) is 7.36. The molecule has 0 amide bonds. The van der Waals surface area contributed by atoms with Crippen molar-refractivity contribution >= 4 is 17.8 Å². The van der Waals surface area contributed by atoms with E-state index in [1.54, 1.807) is 18.2 Å². The van der Waals surface area contributed by atoms with Crippen LogP contribution in [0.4, 0.5) is 4.79 Å². The van der Waals surface area contributed by atoms with Gasteiger partial charge < -0.3 is 14.2 Å². The predicted molar refractivity (Wildman–Crippen MR) is 96.7 cm³/mol. The fraction of sp³-hybridized carbons (Fsp3) is 0.350. The maximum absolute atomic E-state index is 11.4. The summed E-state index contributed by atoms with van der Waals surface area (Å²) >= 11 is 6.28. The van der Waals surface area contributed by atoms with Gasteiger partial charge in [-0.1, -0.05) is 23.7 Å². The summed E-state index contributed by atoms with van der Waals surface area (Å²) in [5, 5.41) is 0.484. The van der Waals surface area contributed by atoms with Crippen molar-refractivity contribution in [3.8, 4) is 11.5 Å². The van der Waals surface area contributed by atoms with Gasteiger partial charge in [0.15, 0.2) is 0 Å². The van der Waals surface area contributed by atoms with Crippen molar-refractivity contribution in [1.29, 1.82) is 0 Å². The molecule has 0 spiro atoms. The molecule has 2 aromatic carbocycles. The molecule has 0 bridgehead atoms. The predicted octanol–water partition coefficient (Wildman–Crippen LogP) is 5.56. The largest absolute Gasteiger partial charge is 0.513 e. The first-order chi connectivity index (χ1) is 12.0. The van der Waals surface area contributed by atoms with Crippen LogP contribution in [0.25, 0.3) is 0 Å². The standard InChI is InChI=1S/C20H21ClO4/c1-12-9-15(14-7-8-14)19(10-13(12)2)24-11-16-17(21)5-4-6-18(16)25-20(22)23-3/h4-6,9-10,14H,7-8,11H2,1-3H3. The number of ether oxygens (including phenoxy) is 3. The molecule has 0 saturated heterocycles. The van der Waals surface area contributed by atoms with Crippen LogP contribution in [0.3, 0.4) is 0 Å². The van der Waals surface area contributed by atoms with Gasteiger partial charge in [-0.2, -0.15) is 0 Å². The highest BCUT2D eigenvalue weighted by molar-refractivity contribution is 6.31. The van der Waals surface area contributed by atoms with Crippen LogP contribution in [0.5, 0.6) is 11.5 Å². The van der Waals surface area contributed by atoms with Crippen molar-refractivity contribution in [3.63, 3.8) is 0 Å². The Morgan fingerprint density at radius 2 is 1.88 bits per heavy atom. The van der Waals surface area contributed by atoms with Gasteiger partial charge >= 0.3 is 6.16 Å². The number of hydrogen-bond acceptors (Lipinski definition) is 4. The molecule has 25 heavy (non-hydrogen) atoms. The molecule has 0 heterocycles. The van der Waals surface area contributed by atoms with Crippen LogP contribution in [-0.4, -0.2) is 13.3 Å². The Kier molecular flexibility index (Phi) is 5.19. The second-order valence-corrected chi connectivity index (χ2v) is 6.72. The number of methoxy groups -OCH3 is 1. The SMILES string of the molecule is COC(=O)Oc1cccc(Cl)c1COc1cc(C)c(C)cc1C1CC1. The van der Waals surface area contributed by atoms with Gasteiger partial charge in [0, 0.05) is 0 Å². The lowest BCUT2D eigenvalue weighted by atomic mass is 10.0. The van der Waals surface area contributed by atoms with Gasteiger partial charge in [0.05, 0.1) is 17.7 Å². The first kappa shape index (κ1) is 17.6. The Hall–Kier alpha value is -2.20. The number of halogens is 1. The van der Waals surface area contributed by atoms with Crippen molar-refractivity contribution in [2.45, 2.75) is 39.2 Å². The monoisotopic (exact) mass is 360 g/mol. The molecule has 2 aromatic rings. The Morgan fingerprint density at radius 3 is 2.56 bits per heavy atom. The van der Waals surface area contributed by atoms with E-state index >= 15 is 0 Å². The van der Waals surface area contributed by atoms with Crippen molar-refractivity contribution in [2.75, 3.05) is 7.11 Å². The molecule has 1 fully saturated rings. The zero-order valence-electron chi connectivity index (χ0n) is 14.6. The number of carbonyl (C=O) groups excluding carboxylic acids is 1. The van der Waals surface area contributed by atoms with Crippen molar-refractivity contribution in [3.05, 3.63) is 57.6 Å². The molecule has 1 saturated carbocycles. The Bertz CT molecular complexity index is 797. The molecular weight excluding hydrogens is 340 g/mol. The molecule has 132 valence electrons. The summed E-state index contributed by atoms with van der Waals surface area (Å²) < 4.78 is 15.8. The molecule has 1 aliphatic rings. The summed E-state index contributed by atoms with van der Waals surface area (Å²) in [7, 11) is 1.26. The van der Waals surface area contributed by atoms with Crippen LogP contribution in [0.1, 0.15) is 41.0 Å². The Balaban J connectivity index is 1.85. The average Bonchev–Trinajstić information content (AvgIpc) is 3.42. The van der Waals surface area contributed by atoms with Crippen LogP contribution in [0.15, 0.2) is 30.3 Å². The van der Waals surface area contributed by atoms with Crippen LogP contribution >= 0.6 is 11.6 Å². The minimum atomic E-state index is -0.784.